The number of hydrogen-bond donors (Lipinski definition) is 3. The van der Waals surface area contributed by atoms with Gasteiger partial charge in [0.25, 0.3) is 0 Å². The topological polar surface area (TPSA) is 83.0 Å². The van der Waals surface area contributed by atoms with E-state index in [-0.39, 0.29) is 23.9 Å². The summed E-state index contributed by atoms with van der Waals surface area (Å²) in [6.07, 6.45) is 0. The maximum atomic E-state index is 9.17. The minimum atomic E-state index is -0.108. The first-order valence-electron chi connectivity index (χ1n) is 5.03. The molecule has 90 valence electrons. The van der Waals surface area contributed by atoms with Crippen molar-refractivity contribution in [3.63, 3.8) is 0 Å². The Morgan fingerprint density at radius 3 is 2.38 bits per heavy atom. The van der Waals surface area contributed by atoms with Crippen molar-refractivity contribution in [2.75, 3.05) is 24.3 Å². The molecule has 0 amide bonds. The Morgan fingerprint density at radius 1 is 1.25 bits per heavy atom. The molecule has 0 unspecified atom stereocenters. The second kappa shape index (κ2) is 5.81. The number of anilines is 2. The van der Waals surface area contributed by atoms with Gasteiger partial charge in [-0.15, -0.1) is 0 Å². The molecule has 0 aliphatic carbocycles. The number of aromatic nitrogens is 3. The molecule has 0 fully saturated rings. The fourth-order valence-electron chi connectivity index (χ4n) is 1.12. The smallest absolute Gasteiger partial charge is 0.229 e. The molecule has 16 heavy (non-hydrogen) atoms. The average Bonchev–Trinajstić information content (AvgIpc) is 2.24. The van der Waals surface area contributed by atoms with E-state index >= 15 is 0 Å². The lowest BCUT2D eigenvalue weighted by molar-refractivity contribution is 0.248. The summed E-state index contributed by atoms with van der Waals surface area (Å²) in [4.78, 5) is 11.9. The van der Waals surface area contributed by atoms with Gasteiger partial charge >= 0.3 is 0 Å². The number of rotatable bonds is 5. The van der Waals surface area contributed by atoms with Crippen LogP contribution in [0.1, 0.15) is 13.8 Å². The molecule has 6 nitrogen and oxygen atoms in total. The third-order valence-corrected chi connectivity index (χ3v) is 2.32. The summed E-state index contributed by atoms with van der Waals surface area (Å²) in [5, 5.41) is 15.1. The second-order valence-electron chi connectivity index (χ2n) is 3.68. The molecule has 3 N–H and O–H groups in total. The molecular formula is C9H16ClN5O. The molecule has 1 atom stereocenters. The van der Waals surface area contributed by atoms with Gasteiger partial charge in [-0.05, 0) is 17.5 Å². The summed E-state index contributed by atoms with van der Waals surface area (Å²) in [5.41, 5.74) is 0. The average molecular weight is 246 g/mol. The van der Waals surface area contributed by atoms with Crippen molar-refractivity contribution in [1.82, 2.24) is 15.0 Å². The highest BCUT2D eigenvalue weighted by atomic mass is 35.5. The Morgan fingerprint density at radius 2 is 1.88 bits per heavy atom. The van der Waals surface area contributed by atoms with Crippen molar-refractivity contribution in [2.24, 2.45) is 5.92 Å². The first kappa shape index (κ1) is 12.9. The number of halogens is 1. The van der Waals surface area contributed by atoms with E-state index in [1.165, 1.54) is 0 Å². The van der Waals surface area contributed by atoms with Gasteiger partial charge < -0.3 is 15.7 Å². The van der Waals surface area contributed by atoms with Gasteiger partial charge in [0.1, 0.15) is 0 Å². The largest absolute Gasteiger partial charge is 0.394 e. The van der Waals surface area contributed by atoms with Crippen LogP contribution in [-0.4, -0.2) is 39.8 Å². The minimum absolute atomic E-state index is 0.00978. The van der Waals surface area contributed by atoms with E-state index in [9.17, 15) is 5.11 Å². The molecule has 0 saturated heterocycles. The van der Waals surface area contributed by atoms with Crippen LogP contribution in [0.4, 0.5) is 11.9 Å². The summed E-state index contributed by atoms with van der Waals surface area (Å²) < 4.78 is 0. The van der Waals surface area contributed by atoms with Crippen molar-refractivity contribution >= 4 is 23.5 Å². The molecular weight excluding hydrogens is 230 g/mol. The van der Waals surface area contributed by atoms with Crippen molar-refractivity contribution in [1.29, 1.82) is 0 Å². The Bertz CT molecular complexity index is 347. The molecule has 0 radical (unpaired) electrons. The molecule has 1 aromatic heterocycles. The van der Waals surface area contributed by atoms with E-state index in [2.05, 4.69) is 25.6 Å². The lowest BCUT2D eigenvalue weighted by Gasteiger charge is -2.19. The van der Waals surface area contributed by atoms with Gasteiger partial charge in [0.2, 0.25) is 17.2 Å². The van der Waals surface area contributed by atoms with Crippen LogP contribution in [0.25, 0.3) is 0 Å². The molecule has 1 heterocycles. The standard InChI is InChI=1S/C9H16ClN5O/c1-5(2)6(4-16)12-9-14-7(10)13-8(11-3)15-9/h5-6,16H,4H2,1-3H3,(H2,11,12,13,14,15)/t6-/m1/s1. The van der Waals surface area contributed by atoms with Gasteiger partial charge in [0.15, 0.2) is 0 Å². The van der Waals surface area contributed by atoms with Crippen LogP contribution >= 0.6 is 11.6 Å². The summed E-state index contributed by atoms with van der Waals surface area (Å²) in [5.74, 6) is 1.01. The molecule has 0 saturated carbocycles. The highest BCUT2D eigenvalue weighted by Crippen LogP contribution is 2.12. The van der Waals surface area contributed by atoms with E-state index in [1.807, 2.05) is 13.8 Å². The summed E-state index contributed by atoms with van der Waals surface area (Å²) >= 11 is 5.73. The van der Waals surface area contributed by atoms with Crippen molar-refractivity contribution < 1.29 is 5.11 Å². The lowest BCUT2D eigenvalue weighted by atomic mass is 10.1. The highest BCUT2D eigenvalue weighted by Gasteiger charge is 2.14. The zero-order chi connectivity index (χ0) is 12.1. The zero-order valence-corrected chi connectivity index (χ0v) is 10.3. The van der Waals surface area contributed by atoms with Gasteiger partial charge in [-0.3, -0.25) is 0 Å². The van der Waals surface area contributed by atoms with E-state index in [1.54, 1.807) is 7.05 Å². The number of aliphatic hydroxyl groups excluding tert-OH is 1. The molecule has 1 rings (SSSR count). The van der Waals surface area contributed by atoms with Crippen LogP contribution in [0.3, 0.4) is 0 Å². The quantitative estimate of drug-likeness (QED) is 0.718. The SMILES string of the molecule is CNc1nc(Cl)nc(N[C@H](CO)C(C)C)n1. The molecule has 0 spiro atoms. The number of aliphatic hydroxyl groups is 1. The minimum Gasteiger partial charge on any atom is -0.394 e. The fraction of sp³-hybridized carbons (Fsp3) is 0.667. The molecule has 1 aromatic rings. The maximum absolute atomic E-state index is 9.17. The lowest BCUT2D eigenvalue weighted by Crippen LogP contribution is -2.30. The van der Waals surface area contributed by atoms with Crippen LogP contribution in [0.5, 0.6) is 0 Å². The van der Waals surface area contributed by atoms with E-state index in [0.717, 1.165) is 0 Å². The number of nitrogens with one attached hydrogen (secondary N) is 2. The third kappa shape index (κ3) is 3.46. The first-order chi connectivity index (χ1) is 7.56. The predicted molar refractivity (Wildman–Crippen MR) is 63.7 cm³/mol. The Labute approximate surface area is 99.5 Å². The normalized spacial score (nSPS) is 12.6. The van der Waals surface area contributed by atoms with Gasteiger partial charge in [-0.25, -0.2) is 0 Å². The summed E-state index contributed by atoms with van der Waals surface area (Å²) in [6, 6.07) is -0.108. The first-order valence-corrected chi connectivity index (χ1v) is 5.41. The summed E-state index contributed by atoms with van der Waals surface area (Å²) in [7, 11) is 1.70. The third-order valence-electron chi connectivity index (χ3n) is 2.15. The Balaban J connectivity index is 2.83. The van der Waals surface area contributed by atoms with Gasteiger partial charge in [-0.2, -0.15) is 15.0 Å². The number of hydrogen-bond acceptors (Lipinski definition) is 6. The molecule has 0 aliphatic rings. The van der Waals surface area contributed by atoms with Crippen molar-refractivity contribution in [3.8, 4) is 0 Å². The maximum Gasteiger partial charge on any atom is 0.229 e. The molecule has 0 aliphatic heterocycles. The molecule has 7 heteroatoms. The van der Waals surface area contributed by atoms with Crippen LogP contribution in [-0.2, 0) is 0 Å². The Kier molecular flexibility index (Phi) is 4.70. The molecule has 0 aromatic carbocycles. The van der Waals surface area contributed by atoms with Crippen molar-refractivity contribution in [2.45, 2.75) is 19.9 Å². The van der Waals surface area contributed by atoms with E-state index < -0.39 is 0 Å². The zero-order valence-electron chi connectivity index (χ0n) is 9.53. The summed E-state index contributed by atoms with van der Waals surface area (Å²) in [6.45, 7) is 4.00. The van der Waals surface area contributed by atoms with Crippen LogP contribution in [0.2, 0.25) is 5.28 Å². The second-order valence-corrected chi connectivity index (χ2v) is 4.02. The fourth-order valence-corrected chi connectivity index (χ4v) is 1.28. The van der Waals surface area contributed by atoms with E-state index in [4.69, 9.17) is 11.6 Å². The van der Waals surface area contributed by atoms with Gasteiger partial charge in [-0.1, -0.05) is 13.8 Å². The highest BCUT2D eigenvalue weighted by molar-refractivity contribution is 6.28. The van der Waals surface area contributed by atoms with Crippen LogP contribution in [0.15, 0.2) is 0 Å². The molecule has 0 bridgehead atoms. The number of nitrogens with zero attached hydrogens (tertiary/aromatic N) is 3. The predicted octanol–water partition coefficient (Wildman–Crippen LogP) is 0.995. The van der Waals surface area contributed by atoms with Crippen molar-refractivity contribution in [3.05, 3.63) is 5.28 Å². The monoisotopic (exact) mass is 245 g/mol. The van der Waals surface area contributed by atoms with Crippen LogP contribution in [0, 0.1) is 5.92 Å². The van der Waals surface area contributed by atoms with E-state index in [0.29, 0.717) is 11.9 Å². The van der Waals surface area contributed by atoms with Crippen LogP contribution < -0.4 is 10.6 Å². The Hall–Kier alpha value is -1.14. The van der Waals surface area contributed by atoms with Gasteiger partial charge in [0, 0.05) is 7.05 Å². The van der Waals surface area contributed by atoms with Gasteiger partial charge in [0.05, 0.1) is 12.6 Å².